The standard InChI is InChI=1S/C5H6Br2/c1-3-5(7)4(2)6/h3H,2H2,1H3. The largest absolute Gasteiger partial charge is 0.0836 e. The molecular weight excluding hydrogens is 220 g/mol. The second-order valence-corrected chi connectivity index (χ2v) is 2.85. The highest BCUT2D eigenvalue weighted by molar-refractivity contribution is 9.15. The third-order valence-corrected chi connectivity index (χ3v) is 2.41. The first kappa shape index (κ1) is 7.44. The summed E-state index contributed by atoms with van der Waals surface area (Å²) in [5, 5.41) is 0. The van der Waals surface area contributed by atoms with Crippen molar-refractivity contribution in [2.24, 2.45) is 0 Å². The first-order chi connectivity index (χ1) is 3.18. The summed E-state index contributed by atoms with van der Waals surface area (Å²) in [6.07, 6.45) is 1.93. The average molecular weight is 226 g/mol. The summed E-state index contributed by atoms with van der Waals surface area (Å²) in [7, 11) is 0. The van der Waals surface area contributed by atoms with Crippen molar-refractivity contribution in [2.45, 2.75) is 6.92 Å². The Labute approximate surface area is 60.6 Å². The van der Waals surface area contributed by atoms with E-state index in [4.69, 9.17) is 0 Å². The zero-order valence-electron chi connectivity index (χ0n) is 4.04. The fourth-order valence-electron chi connectivity index (χ4n) is 0.157. The maximum Gasteiger partial charge on any atom is 0.0268 e. The van der Waals surface area contributed by atoms with Crippen LogP contribution in [0.2, 0.25) is 0 Å². The number of hydrogen-bond donors (Lipinski definition) is 0. The van der Waals surface area contributed by atoms with E-state index in [-0.39, 0.29) is 0 Å². The minimum absolute atomic E-state index is 0.884. The first-order valence-corrected chi connectivity index (χ1v) is 3.43. The molecule has 0 aromatic heterocycles. The lowest BCUT2D eigenvalue weighted by Crippen LogP contribution is -1.61. The van der Waals surface area contributed by atoms with Crippen LogP contribution in [-0.4, -0.2) is 0 Å². The molecule has 0 fully saturated rings. The van der Waals surface area contributed by atoms with Gasteiger partial charge in [0.05, 0.1) is 0 Å². The number of allylic oxidation sites excluding steroid dienone is 3. The molecule has 0 aliphatic heterocycles. The Bertz CT molecular complexity index is 103. The lowest BCUT2D eigenvalue weighted by atomic mass is 10.5. The van der Waals surface area contributed by atoms with Gasteiger partial charge in [0.1, 0.15) is 0 Å². The molecule has 0 rings (SSSR count). The van der Waals surface area contributed by atoms with E-state index < -0.39 is 0 Å². The third-order valence-electron chi connectivity index (χ3n) is 0.513. The predicted molar refractivity (Wildman–Crippen MR) is 40.8 cm³/mol. The lowest BCUT2D eigenvalue weighted by Gasteiger charge is -1.87. The molecule has 0 aliphatic carbocycles. The van der Waals surface area contributed by atoms with Gasteiger partial charge in [0.25, 0.3) is 0 Å². The van der Waals surface area contributed by atoms with Gasteiger partial charge in [-0.25, -0.2) is 0 Å². The van der Waals surface area contributed by atoms with Crippen molar-refractivity contribution in [3.05, 3.63) is 21.6 Å². The van der Waals surface area contributed by atoms with Crippen molar-refractivity contribution in [1.29, 1.82) is 0 Å². The van der Waals surface area contributed by atoms with Gasteiger partial charge < -0.3 is 0 Å². The first-order valence-electron chi connectivity index (χ1n) is 1.85. The van der Waals surface area contributed by atoms with Gasteiger partial charge in [-0.3, -0.25) is 0 Å². The molecule has 2 heteroatoms. The van der Waals surface area contributed by atoms with Crippen molar-refractivity contribution in [1.82, 2.24) is 0 Å². The van der Waals surface area contributed by atoms with Crippen LogP contribution in [0.3, 0.4) is 0 Å². The van der Waals surface area contributed by atoms with Crippen molar-refractivity contribution in [3.63, 3.8) is 0 Å². The van der Waals surface area contributed by atoms with Crippen LogP contribution in [0.15, 0.2) is 21.6 Å². The van der Waals surface area contributed by atoms with E-state index in [1.165, 1.54) is 0 Å². The minimum Gasteiger partial charge on any atom is -0.0836 e. The van der Waals surface area contributed by atoms with E-state index in [1.807, 2.05) is 13.0 Å². The Kier molecular flexibility index (Phi) is 3.66. The molecule has 0 radical (unpaired) electrons. The Morgan fingerprint density at radius 1 is 1.57 bits per heavy atom. The van der Waals surface area contributed by atoms with E-state index >= 15 is 0 Å². The zero-order valence-corrected chi connectivity index (χ0v) is 7.21. The van der Waals surface area contributed by atoms with Crippen molar-refractivity contribution >= 4 is 31.9 Å². The van der Waals surface area contributed by atoms with E-state index in [1.54, 1.807) is 0 Å². The summed E-state index contributed by atoms with van der Waals surface area (Å²) >= 11 is 6.45. The molecule has 40 valence electrons. The van der Waals surface area contributed by atoms with Gasteiger partial charge in [-0.15, -0.1) is 0 Å². The molecule has 0 nitrogen and oxygen atoms in total. The fraction of sp³-hybridized carbons (Fsp3) is 0.200. The summed E-state index contributed by atoms with van der Waals surface area (Å²) in [4.78, 5) is 0. The normalized spacial score (nSPS) is 11.6. The summed E-state index contributed by atoms with van der Waals surface area (Å²) < 4.78 is 1.89. The Balaban J connectivity index is 3.82. The molecule has 0 aromatic rings. The fourth-order valence-corrected chi connectivity index (χ4v) is 0.386. The topological polar surface area (TPSA) is 0 Å². The van der Waals surface area contributed by atoms with Gasteiger partial charge in [-0.05, 0) is 22.9 Å². The maximum absolute atomic E-state index is 3.63. The Morgan fingerprint density at radius 3 is 2.00 bits per heavy atom. The molecule has 0 aromatic carbocycles. The highest BCUT2D eigenvalue weighted by atomic mass is 79.9. The maximum atomic E-state index is 3.63. The number of hydrogen-bond acceptors (Lipinski definition) is 0. The van der Waals surface area contributed by atoms with Crippen molar-refractivity contribution < 1.29 is 0 Å². The molecule has 0 atom stereocenters. The molecule has 0 amide bonds. The van der Waals surface area contributed by atoms with E-state index in [9.17, 15) is 0 Å². The molecule has 0 unspecified atom stereocenters. The summed E-state index contributed by atoms with van der Waals surface area (Å²) in [6, 6.07) is 0. The monoisotopic (exact) mass is 224 g/mol. The molecule has 0 saturated carbocycles. The van der Waals surface area contributed by atoms with Crippen LogP contribution < -0.4 is 0 Å². The van der Waals surface area contributed by atoms with Gasteiger partial charge >= 0.3 is 0 Å². The van der Waals surface area contributed by atoms with Gasteiger partial charge in [0, 0.05) is 8.96 Å². The van der Waals surface area contributed by atoms with Crippen LogP contribution in [0.4, 0.5) is 0 Å². The van der Waals surface area contributed by atoms with Crippen LogP contribution in [0.25, 0.3) is 0 Å². The van der Waals surface area contributed by atoms with Gasteiger partial charge in [-0.1, -0.05) is 28.6 Å². The highest BCUT2D eigenvalue weighted by Gasteiger charge is 1.86. The Morgan fingerprint density at radius 2 is 2.00 bits per heavy atom. The molecule has 0 saturated heterocycles. The quantitative estimate of drug-likeness (QED) is 0.602. The molecule has 0 N–H and O–H groups in total. The second-order valence-electron chi connectivity index (χ2n) is 1.04. The minimum atomic E-state index is 0.884. The van der Waals surface area contributed by atoms with Crippen LogP contribution in [-0.2, 0) is 0 Å². The number of halogens is 2. The summed E-state index contributed by atoms with van der Waals surface area (Å²) in [5.74, 6) is 0. The molecule has 0 bridgehead atoms. The molecular formula is C5H6Br2. The predicted octanol–water partition coefficient (Wildman–Crippen LogP) is 3.19. The number of rotatable bonds is 1. The van der Waals surface area contributed by atoms with Gasteiger partial charge in [0.15, 0.2) is 0 Å². The van der Waals surface area contributed by atoms with Gasteiger partial charge in [-0.2, -0.15) is 0 Å². The van der Waals surface area contributed by atoms with E-state index in [0.29, 0.717) is 0 Å². The van der Waals surface area contributed by atoms with Crippen molar-refractivity contribution in [2.75, 3.05) is 0 Å². The van der Waals surface area contributed by atoms with E-state index in [0.717, 1.165) is 8.96 Å². The zero-order chi connectivity index (χ0) is 5.86. The van der Waals surface area contributed by atoms with E-state index in [2.05, 4.69) is 38.4 Å². The molecule has 0 heterocycles. The Hall–Kier alpha value is 0.440. The van der Waals surface area contributed by atoms with Crippen LogP contribution in [0, 0.1) is 0 Å². The summed E-state index contributed by atoms with van der Waals surface area (Å²) in [5.41, 5.74) is 0. The lowest BCUT2D eigenvalue weighted by molar-refractivity contribution is 1.71. The summed E-state index contributed by atoms with van der Waals surface area (Å²) in [6.45, 7) is 5.57. The third kappa shape index (κ3) is 3.06. The molecule has 0 aliphatic rings. The van der Waals surface area contributed by atoms with Crippen LogP contribution in [0.5, 0.6) is 0 Å². The molecule has 0 spiro atoms. The van der Waals surface area contributed by atoms with Crippen LogP contribution in [0.1, 0.15) is 6.92 Å². The highest BCUT2D eigenvalue weighted by Crippen LogP contribution is 2.19. The average Bonchev–Trinajstić information content (AvgIpc) is 1.65. The van der Waals surface area contributed by atoms with Gasteiger partial charge in [0.2, 0.25) is 0 Å². The second kappa shape index (κ2) is 3.44. The smallest absolute Gasteiger partial charge is 0.0268 e. The molecule has 7 heavy (non-hydrogen) atoms. The SMILES string of the molecule is C=C(Br)C(Br)=CC. The van der Waals surface area contributed by atoms with Crippen LogP contribution >= 0.6 is 31.9 Å². The van der Waals surface area contributed by atoms with Crippen molar-refractivity contribution in [3.8, 4) is 0 Å².